The number of ether oxygens (including phenoxy) is 1. The lowest BCUT2D eigenvalue weighted by Crippen LogP contribution is -2.43. The van der Waals surface area contributed by atoms with E-state index >= 15 is 0 Å². The standard InChI is InChI=1S/C19H38N4O2.HI/c1-7-20-18(21-11-10-16(24)23-14(2)3)22-13-15-9-8-12-25-17(15)19(4,5)6;/h14-15,17H,7-13H2,1-6H3,(H,23,24)(H2,20,21,22);1H. The molecule has 0 aromatic carbocycles. The number of halogens is 1. The minimum absolute atomic E-state index is 0. The first-order valence-corrected chi connectivity index (χ1v) is 9.67. The first kappa shape index (κ1) is 25.4. The van der Waals surface area contributed by atoms with Crippen LogP contribution in [0, 0.1) is 11.3 Å². The Bertz CT molecular complexity index is 436. The summed E-state index contributed by atoms with van der Waals surface area (Å²) in [4.78, 5) is 16.5. The minimum atomic E-state index is 0. The van der Waals surface area contributed by atoms with Crippen LogP contribution < -0.4 is 16.0 Å². The van der Waals surface area contributed by atoms with Crippen molar-refractivity contribution in [2.75, 3.05) is 26.2 Å². The number of carbonyl (C=O) groups is 1. The molecule has 0 bridgehead atoms. The Kier molecular flexibility index (Phi) is 12.5. The molecule has 6 nitrogen and oxygen atoms in total. The van der Waals surface area contributed by atoms with Gasteiger partial charge in [0.1, 0.15) is 0 Å². The van der Waals surface area contributed by atoms with E-state index in [9.17, 15) is 4.79 Å². The van der Waals surface area contributed by atoms with Gasteiger partial charge in [-0.2, -0.15) is 0 Å². The molecule has 1 aliphatic heterocycles. The Hall–Kier alpha value is -0.570. The maximum absolute atomic E-state index is 11.7. The van der Waals surface area contributed by atoms with E-state index in [1.807, 2.05) is 20.8 Å². The summed E-state index contributed by atoms with van der Waals surface area (Å²) >= 11 is 0. The Morgan fingerprint density at radius 1 is 1.27 bits per heavy atom. The SMILES string of the molecule is CCNC(=NCC1CCCOC1C(C)(C)C)NCCC(=O)NC(C)C.I. The highest BCUT2D eigenvalue weighted by Gasteiger charge is 2.35. The summed E-state index contributed by atoms with van der Waals surface area (Å²) in [7, 11) is 0. The van der Waals surface area contributed by atoms with Crippen molar-refractivity contribution in [3.05, 3.63) is 0 Å². The van der Waals surface area contributed by atoms with Crippen molar-refractivity contribution in [1.29, 1.82) is 0 Å². The molecule has 0 aromatic heterocycles. The molecule has 1 amide bonds. The van der Waals surface area contributed by atoms with Gasteiger partial charge in [-0.15, -0.1) is 24.0 Å². The number of aliphatic imine (C=N–C) groups is 1. The fourth-order valence-corrected chi connectivity index (χ4v) is 3.23. The number of nitrogens with zero attached hydrogens (tertiary/aromatic N) is 1. The van der Waals surface area contributed by atoms with Crippen molar-refractivity contribution in [3.63, 3.8) is 0 Å². The summed E-state index contributed by atoms with van der Waals surface area (Å²) in [6, 6.07) is 0.176. The summed E-state index contributed by atoms with van der Waals surface area (Å²) in [6.45, 7) is 15.7. The summed E-state index contributed by atoms with van der Waals surface area (Å²) in [5.41, 5.74) is 0.126. The van der Waals surface area contributed by atoms with Gasteiger partial charge in [-0.05, 0) is 39.0 Å². The van der Waals surface area contributed by atoms with Crippen LogP contribution in [-0.4, -0.2) is 50.3 Å². The molecule has 1 rings (SSSR count). The van der Waals surface area contributed by atoms with E-state index in [1.54, 1.807) is 0 Å². The summed E-state index contributed by atoms with van der Waals surface area (Å²) in [6.07, 6.45) is 2.94. The van der Waals surface area contributed by atoms with Gasteiger partial charge in [0.25, 0.3) is 0 Å². The average Bonchev–Trinajstić information content (AvgIpc) is 2.51. The van der Waals surface area contributed by atoms with Crippen molar-refractivity contribution in [2.24, 2.45) is 16.3 Å². The van der Waals surface area contributed by atoms with E-state index < -0.39 is 0 Å². The van der Waals surface area contributed by atoms with E-state index in [2.05, 4.69) is 36.7 Å². The van der Waals surface area contributed by atoms with Crippen LogP contribution in [0.25, 0.3) is 0 Å². The highest BCUT2D eigenvalue weighted by atomic mass is 127. The smallest absolute Gasteiger partial charge is 0.221 e. The number of nitrogens with one attached hydrogen (secondary N) is 3. The van der Waals surface area contributed by atoms with Crippen LogP contribution in [0.4, 0.5) is 0 Å². The van der Waals surface area contributed by atoms with Crippen LogP contribution in [-0.2, 0) is 9.53 Å². The zero-order valence-corrected chi connectivity index (χ0v) is 19.7. The van der Waals surface area contributed by atoms with E-state index in [0.717, 1.165) is 38.5 Å². The van der Waals surface area contributed by atoms with Crippen LogP contribution in [0.5, 0.6) is 0 Å². The third-order valence-corrected chi connectivity index (χ3v) is 4.22. The topological polar surface area (TPSA) is 74.8 Å². The molecular formula is C19H39IN4O2. The lowest BCUT2D eigenvalue weighted by Gasteiger charge is -2.39. The Labute approximate surface area is 176 Å². The lowest BCUT2D eigenvalue weighted by atomic mass is 9.78. The first-order valence-electron chi connectivity index (χ1n) is 9.67. The fourth-order valence-electron chi connectivity index (χ4n) is 3.23. The number of hydrogen-bond acceptors (Lipinski definition) is 3. The molecule has 0 radical (unpaired) electrons. The van der Waals surface area contributed by atoms with Gasteiger partial charge in [0.2, 0.25) is 5.91 Å². The third-order valence-electron chi connectivity index (χ3n) is 4.22. The van der Waals surface area contributed by atoms with Crippen molar-refractivity contribution in [2.45, 2.75) is 73.0 Å². The minimum Gasteiger partial charge on any atom is -0.377 e. The molecule has 1 saturated heterocycles. The van der Waals surface area contributed by atoms with Gasteiger partial charge in [-0.3, -0.25) is 9.79 Å². The molecule has 0 spiro atoms. The molecule has 0 aromatic rings. The summed E-state index contributed by atoms with van der Waals surface area (Å²) < 4.78 is 6.03. The second-order valence-corrected chi connectivity index (χ2v) is 8.18. The van der Waals surface area contributed by atoms with E-state index in [0.29, 0.717) is 18.9 Å². The third kappa shape index (κ3) is 9.94. The molecular weight excluding hydrogens is 443 g/mol. The van der Waals surface area contributed by atoms with Gasteiger partial charge in [-0.1, -0.05) is 20.8 Å². The van der Waals surface area contributed by atoms with E-state index in [4.69, 9.17) is 9.73 Å². The zero-order valence-electron chi connectivity index (χ0n) is 17.4. The molecule has 1 aliphatic rings. The van der Waals surface area contributed by atoms with Crippen molar-refractivity contribution < 1.29 is 9.53 Å². The first-order chi connectivity index (χ1) is 11.7. The fraction of sp³-hybridized carbons (Fsp3) is 0.895. The summed E-state index contributed by atoms with van der Waals surface area (Å²) in [5.74, 6) is 1.28. The Morgan fingerprint density at radius 2 is 1.96 bits per heavy atom. The van der Waals surface area contributed by atoms with Crippen LogP contribution in [0.2, 0.25) is 0 Å². The molecule has 2 unspecified atom stereocenters. The van der Waals surface area contributed by atoms with Crippen LogP contribution in [0.3, 0.4) is 0 Å². The number of guanidine groups is 1. The van der Waals surface area contributed by atoms with E-state index in [1.165, 1.54) is 0 Å². The molecule has 0 saturated carbocycles. The molecule has 26 heavy (non-hydrogen) atoms. The maximum Gasteiger partial charge on any atom is 0.221 e. The number of carbonyl (C=O) groups excluding carboxylic acids is 1. The predicted molar refractivity (Wildman–Crippen MR) is 119 cm³/mol. The molecule has 1 heterocycles. The van der Waals surface area contributed by atoms with Gasteiger partial charge in [0.05, 0.1) is 6.10 Å². The van der Waals surface area contributed by atoms with Gasteiger partial charge < -0.3 is 20.7 Å². The Balaban J connectivity index is 0.00000625. The zero-order chi connectivity index (χ0) is 18.9. The highest BCUT2D eigenvalue weighted by molar-refractivity contribution is 14.0. The van der Waals surface area contributed by atoms with Gasteiger partial charge in [-0.25, -0.2) is 0 Å². The van der Waals surface area contributed by atoms with E-state index in [-0.39, 0.29) is 47.4 Å². The highest BCUT2D eigenvalue weighted by Crippen LogP contribution is 2.34. The second kappa shape index (κ2) is 12.8. The molecule has 154 valence electrons. The maximum atomic E-state index is 11.7. The van der Waals surface area contributed by atoms with Gasteiger partial charge in [0, 0.05) is 44.6 Å². The summed E-state index contributed by atoms with van der Waals surface area (Å²) in [5, 5.41) is 9.41. The normalized spacial score (nSPS) is 21.1. The van der Waals surface area contributed by atoms with Crippen molar-refractivity contribution >= 4 is 35.8 Å². The molecule has 3 N–H and O–H groups in total. The van der Waals surface area contributed by atoms with Crippen molar-refractivity contribution in [1.82, 2.24) is 16.0 Å². The molecule has 0 aliphatic carbocycles. The number of hydrogen-bond donors (Lipinski definition) is 3. The number of amides is 1. The van der Waals surface area contributed by atoms with Gasteiger partial charge >= 0.3 is 0 Å². The molecule has 1 fully saturated rings. The Morgan fingerprint density at radius 3 is 2.54 bits per heavy atom. The van der Waals surface area contributed by atoms with Crippen molar-refractivity contribution in [3.8, 4) is 0 Å². The van der Waals surface area contributed by atoms with Gasteiger partial charge in [0.15, 0.2) is 5.96 Å². The molecule has 2 atom stereocenters. The number of rotatable bonds is 7. The van der Waals surface area contributed by atoms with Crippen LogP contribution in [0.1, 0.15) is 60.8 Å². The molecule has 7 heteroatoms. The lowest BCUT2D eigenvalue weighted by molar-refractivity contribution is -0.121. The largest absolute Gasteiger partial charge is 0.377 e. The predicted octanol–water partition coefficient (Wildman–Crippen LogP) is 2.92. The second-order valence-electron chi connectivity index (χ2n) is 8.18. The average molecular weight is 482 g/mol. The van der Waals surface area contributed by atoms with Crippen LogP contribution >= 0.6 is 24.0 Å². The quantitative estimate of drug-likeness (QED) is 0.297. The van der Waals surface area contributed by atoms with Crippen LogP contribution in [0.15, 0.2) is 4.99 Å². The monoisotopic (exact) mass is 482 g/mol.